The molecule has 46 heavy (non-hydrogen) atoms. The molecule has 2 fully saturated rings. The number of nitrogens with one attached hydrogen (secondary N) is 2. The van der Waals surface area contributed by atoms with Crippen LogP contribution in [0.2, 0.25) is 0 Å². The second-order valence-corrected chi connectivity index (χ2v) is 12.1. The van der Waals surface area contributed by atoms with Gasteiger partial charge in [-0.25, -0.2) is 18.7 Å². The van der Waals surface area contributed by atoms with Gasteiger partial charge in [-0.1, -0.05) is 0 Å². The number of halogens is 2. The van der Waals surface area contributed by atoms with Gasteiger partial charge in [0.15, 0.2) is 11.6 Å². The Morgan fingerprint density at radius 1 is 0.935 bits per heavy atom. The molecule has 0 spiro atoms. The number of aliphatic hydroxyl groups excluding tert-OH is 2. The zero-order chi connectivity index (χ0) is 32.7. The van der Waals surface area contributed by atoms with Gasteiger partial charge in [-0.05, 0) is 51.1 Å². The van der Waals surface area contributed by atoms with E-state index in [2.05, 4.69) is 10.6 Å². The fourth-order valence-electron chi connectivity index (χ4n) is 6.66. The van der Waals surface area contributed by atoms with Crippen LogP contribution in [0.15, 0.2) is 36.4 Å². The SMILES string of the molecule is CNCC(=O)NC(C)C(=O)N1CC(O)CC1Cn1c(-c2nc3cc(F)ccc3n2CC2CC(O)CN2C=O)nc2cc(F)ccc21. The molecular weight excluding hydrogens is 602 g/mol. The number of likely N-dealkylation sites (tertiary alicyclic amines) is 2. The van der Waals surface area contributed by atoms with Crippen LogP contribution in [-0.2, 0) is 27.5 Å². The van der Waals surface area contributed by atoms with Crippen LogP contribution < -0.4 is 10.6 Å². The summed E-state index contributed by atoms with van der Waals surface area (Å²) in [5.74, 6) is -1.05. The minimum atomic E-state index is -0.844. The number of imidazole rings is 2. The van der Waals surface area contributed by atoms with Crippen molar-refractivity contribution in [1.29, 1.82) is 0 Å². The number of carbonyl (C=O) groups is 3. The highest BCUT2D eigenvalue weighted by Gasteiger charge is 2.38. The van der Waals surface area contributed by atoms with Crippen molar-refractivity contribution in [2.75, 3.05) is 26.7 Å². The van der Waals surface area contributed by atoms with Crippen molar-refractivity contribution in [3.8, 4) is 11.6 Å². The fraction of sp³-hybridized carbons (Fsp3) is 0.452. The number of β-amino-alcohol motifs (C(OH)–C–C–N with tert-alkyl or cyclic N) is 2. The van der Waals surface area contributed by atoms with Gasteiger partial charge in [0.05, 0.1) is 52.9 Å². The van der Waals surface area contributed by atoms with E-state index in [4.69, 9.17) is 9.97 Å². The molecular formula is C31H36F2N8O5. The summed E-state index contributed by atoms with van der Waals surface area (Å²) in [4.78, 5) is 50.0. The number of hydrogen-bond donors (Lipinski definition) is 4. The zero-order valence-corrected chi connectivity index (χ0v) is 25.4. The van der Waals surface area contributed by atoms with Gasteiger partial charge in [-0.3, -0.25) is 14.4 Å². The van der Waals surface area contributed by atoms with Crippen LogP contribution in [0, 0.1) is 11.6 Å². The number of likely N-dealkylation sites (N-methyl/N-ethyl adjacent to an activating group) is 1. The highest BCUT2D eigenvalue weighted by Crippen LogP contribution is 2.32. The van der Waals surface area contributed by atoms with Crippen LogP contribution in [0.25, 0.3) is 33.7 Å². The Bertz CT molecular complexity index is 1790. The van der Waals surface area contributed by atoms with Crippen molar-refractivity contribution in [1.82, 2.24) is 39.5 Å². The number of fused-ring (bicyclic) bond motifs is 2. The molecule has 2 aromatic heterocycles. The van der Waals surface area contributed by atoms with Crippen molar-refractivity contribution in [3.05, 3.63) is 48.0 Å². The summed E-state index contributed by atoms with van der Waals surface area (Å²) >= 11 is 0. The second-order valence-electron chi connectivity index (χ2n) is 12.1. The quantitative estimate of drug-likeness (QED) is 0.184. The van der Waals surface area contributed by atoms with Gasteiger partial charge in [0, 0.05) is 38.3 Å². The monoisotopic (exact) mass is 638 g/mol. The van der Waals surface area contributed by atoms with Gasteiger partial charge in [-0.2, -0.15) is 0 Å². The van der Waals surface area contributed by atoms with Gasteiger partial charge in [0.1, 0.15) is 17.7 Å². The molecule has 0 radical (unpaired) electrons. The number of aromatic nitrogens is 4. The first kappa shape index (κ1) is 31.5. The third-order valence-corrected chi connectivity index (χ3v) is 8.74. The Hall–Kier alpha value is -4.47. The highest BCUT2D eigenvalue weighted by atomic mass is 19.1. The Morgan fingerprint density at radius 3 is 2.04 bits per heavy atom. The molecule has 5 atom stereocenters. The predicted molar refractivity (Wildman–Crippen MR) is 163 cm³/mol. The van der Waals surface area contributed by atoms with Crippen LogP contribution >= 0.6 is 0 Å². The topological polar surface area (TPSA) is 158 Å². The first-order valence-corrected chi connectivity index (χ1v) is 15.2. The summed E-state index contributed by atoms with van der Waals surface area (Å²) in [6.07, 6.45) is -0.224. The van der Waals surface area contributed by atoms with Gasteiger partial charge in [0.25, 0.3) is 0 Å². The molecule has 3 amide bonds. The number of rotatable bonds is 10. The molecule has 0 aliphatic carbocycles. The van der Waals surface area contributed by atoms with Crippen LogP contribution in [0.5, 0.6) is 0 Å². The normalized spacial score (nSPS) is 22.2. The lowest BCUT2D eigenvalue weighted by Crippen LogP contribution is -2.50. The van der Waals surface area contributed by atoms with Crippen molar-refractivity contribution in [2.45, 2.75) is 63.2 Å². The van der Waals surface area contributed by atoms with Gasteiger partial charge in [-0.15, -0.1) is 0 Å². The molecule has 2 aliphatic rings. The van der Waals surface area contributed by atoms with Crippen molar-refractivity contribution < 1.29 is 33.4 Å². The summed E-state index contributed by atoms with van der Waals surface area (Å²) in [6.45, 7) is 2.25. The van der Waals surface area contributed by atoms with E-state index in [1.165, 1.54) is 34.1 Å². The molecule has 2 saturated heterocycles. The molecule has 0 bridgehead atoms. The molecule has 0 saturated carbocycles. The molecule has 2 aliphatic heterocycles. The summed E-state index contributed by atoms with van der Waals surface area (Å²) in [6, 6.07) is 6.62. The third kappa shape index (κ3) is 6.04. The Balaban J connectivity index is 1.43. The number of nitrogens with zero attached hydrogens (tertiary/aromatic N) is 6. The van der Waals surface area contributed by atoms with Gasteiger partial charge < -0.3 is 39.8 Å². The Labute approximate surface area is 262 Å². The second kappa shape index (κ2) is 12.7. The van der Waals surface area contributed by atoms with E-state index in [1.54, 1.807) is 30.7 Å². The minimum Gasteiger partial charge on any atom is -0.391 e. The van der Waals surface area contributed by atoms with Crippen molar-refractivity contribution >= 4 is 40.3 Å². The standard InChI is InChI=1S/C31H36F2N8O5/c1-17(35-28(45)11-34-2)31(46)39-15-23(44)10-21(39)13-41-27-6-4-19(33)8-25(27)37-30(41)29-36-24-7-18(32)3-5-26(24)40(29)12-20-9-22(43)14-38(20)16-42/h3-8,16-17,20-23,34,43-44H,9-15H2,1-2H3,(H,35,45). The summed E-state index contributed by atoms with van der Waals surface area (Å²) < 4.78 is 32.4. The lowest BCUT2D eigenvalue weighted by molar-refractivity contribution is -0.136. The van der Waals surface area contributed by atoms with Crippen LogP contribution in [0.3, 0.4) is 0 Å². The average molecular weight is 639 g/mol. The molecule has 15 heteroatoms. The first-order chi connectivity index (χ1) is 22.1. The number of amides is 3. The van der Waals surface area contributed by atoms with E-state index in [0.717, 1.165) is 0 Å². The third-order valence-electron chi connectivity index (χ3n) is 8.74. The largest absolute Gasteiger partial charge is 0.391 e. The molecule has 2 aromatic carbocycles. The molecule has 13 nitrogen and oxygen atoms in total. The molecule has 244 valence electrons. The lowest BCUT2D eigenvalue weighted by Gasteiger charge is -2.28. The van der Waals surface area contributed by atoms with Crippen molar-refractivity contribution in [3.63, 3.8) is 0 Å². The van der Waals surface area contributed by atoms with Crippen molar-refractivity contribution in [2.24, 2.45) is 0 Å². The summed E-state index contributed by atoms with van der Waals surface area (Å²) in [7, 11) is 1.62. The number of carbonyl (C=O) groups excluding carboxylic acids is 3. The van der Waals surface area contributed by atoms with E-state index in [9.17, 15) is 33.4 Å². The maximum Gasteiger partial charge on any atom is 0.245 e. The Kier molecular flexibility index (Phi) is 8.72. The molecule has 5 unspecified atom stereocenters. The van der Waals surface area contributed by atoms with Crippen LogP contribution in [0.1, 0.15) is 19.8 Å². The van der Waals surface area contributed by atoms with E-state index < -0.39 is 35.9 Å². The number of benzene rings is 2. The van der Waals surface area contributed by atoms with E-state index >= 15 is 0 Å². The molecule has 4 heterocycles. The van der Waals surface area contributed by atoms with E-state index in [1.807, 2.05) is 4.57 Å². The van der Waals surface area contributed by atoms with E-state index in [0.29, 0.717) is 46.5 Å². The van der Waals surface area contributed by atoms with Gasteiger partial charge in [0.2, 0.25) is 18.2 Å². The van der Waals surface area contributed by atoms with Crippen LogP contribution in [-0.4, -0.2) is 114 Å². The first-order valence-electron chi connectivity index (χ1n) is 15.2. The minimum absolute atomic E-state index is 0.0416. The molecule has 6 rings (SSSR count). The predicted octanol–water partition coefficient (Wildman–Crippen LogP) is 0.609. The van der Waals surface area contributed by atoms with Gasteiger partial charge >= 0.3 is 0 Å². The zero-order valence-electron chi connectivity index (χ0n) is 25.4. The van der Waals surface area contributed by atoms with Crippen LogP contribution in [0.4, 0.5) is 8.78 Å². The smallest absolute Gasteiger partial charge is 0.245 e. The average Bonchev–Trinajstić information content (AvgIpc) is 3.75. The maximum absolute atomic E-state index is 14.4. The summed E-state index contributed by atoms with van der Waals surface area (Å²) in [5.41, 5.74) is 1.80. The lowest BCUT2D eigenvalue weighted by atomic mass is 10.1. The maximum atomic E-state index is 14.4. The van der Waals surface area contributed by atoms with E-state index in [-0.39, 0.29) is 57.0 Å². The molecule has 4 N–H and O–H groups in total. The highest BCUT2D eigenvalue weighted by molar-refractivity contribution is 5.88. The Morgan fingerprint density at radius 2 is 1.48 bits per heavy atom. The number of hydrogen-bond acceptors (Lipinski definition) is 8. The fourth-order valence-corrected chi connectivity index (χ4v) is 6.66. The number of aliphatic hydroxyl groups is 2. The summed E-state index contributed by atoms with van der Waals surface area (Å²) in [5, 5.41) is 26.4. The molecule has 4 aromatic rings.